The second-order valence-corrected chi connectivity index (χ2v) is 4.58. The maximum absolute atomic E-state index is 13.0. The van der Waals surface area contributed by atoms with Crippen LogP contribution in [-0.2, 0) is 12.0 Å². The number of aryl methyl sites for hydroxylation is 1. The van der Waals surface area contributed by atoms with Crippen molar-refractivity contribution in [2.75, 3.05) is 6.61 Å². The minimum Gasteiger partial charge on any atom is -0.395 e. The summed E-state index contributed by atoms with van der Waals surface area (Å²) in [6.45, 7) is 5.16. The van der Waals surface area contributed by atoms with Crippen LogP contribution in [0.2, 0.25) is 0 Å². The molecule has 0 aliphatic carbocycles. The molecule has 6 heteroatoms. The molecule has 0 saturated heterocycles. The minimum atomic E-state index is -2.72. The molecule has 0 fully saturated rings. The van der Waals surface area contributed by atoms with E-state index in [1.807, 2.05) is 0 Å². The molecule has 0 spiro atoms. The fraction of sp³-hybridized carbons (Fsp3) is 0.750. The van der Waals surface area contributed by atoms with Crippen molar-refractivity contribution in [3.63, 3.8) is 0 Å². The largest absolute Gasteiger partial charge is 0.395 e. The lowest BCUT2D eigenvalue weighted by atomic mass is 9.77. The van der Waals surface area contributed by atoms with Gasteiger partial charge < -0.3 is 10.2 Å². The number of aliphatic hydroxyl groups is 2. The van der Waals surface area contributed by atoms with E-state index >= 15 is 0 Å². The Balaban J connectivity index is 3.31. The maximum Gasteiger partial charge on any atom is 0.282 e. The van der Waals surface area contributed by atoms with E-state index in [1.165, 1.54) is 10.9 Å². The highest BCUT2D eigenvalue weighted by Gasteiger charge is 2.38. The Morgan fingerprint density at radius 1 is 1.44 bits per heavy atom. The quantitative estimate of drug-likeness (QED) is 0.822. The normalized spacial score (nSPS) is 16.9. The van der Waals surface area contributed by atoms with E-state index in [-0.39, 0.29) is 11.3 Å². The third-order valence-corrected chi connectivity index (χ3v) is 3.39. The molecule has 0 radical (unpaired) electrons. The van der Waals surface area contributed by atoms with Gasteiger partial charge in [-0.2, -0.15) is 5.10 Å². The van der Waals surface area contributed by atoms with Crippen LogP contribution in [0.25, 0.3) is 0 Å². The van der Waals surface area contributed by atoms with Crippen molar-refractivity contribution >= 4 is 0 Å². The molecule has 1 aromatic heterocycles. The first-order chi connectivity index (χ1) is 8.40. The predicted octanol–water partition coefficient (Wildman–Crippen LogP) is 1.86. The third-order valence-electron chi connectivity index (χ3n) is 3.39. The summed E-state index contributed by atoms with van der Waals surface area (Å²) in [5.74, 6) is 0. The van der Waals surface area contributed by atoms with Gasteiger partial charge in [0.25, 0.3) is 6.43 Å². The SMILES string of the molecule is CCC(O)C(C)(CO)c1cn(CC)nc1C(F)F. The number of nitrogens with zero attached hydrogens (tertiary/aromatic N) is 2. The molecule has 18 heavy (non-hydrogen) atoms. The molecule has 1 aromatic rings. The second kappa shape index (κ2) is 5.75. The summed E-state index contributed by atoms with van der Waals surface area (Å²) in [4.78, 5) is 0. The van der Waals surface area contributed by atoms with Crippen molar-refractivity contribution in [3.8, 4) is 0 Å². The number of aliphatic hydroxyl groups excluding tert-OH is 2. The topological polar surface area (TPSA) is 58.3 Å². The molecule has 0 bridgehead atoms. The summed E-state index contributed by atoms with van der Waals surface area (Å²) in [5.41, 5.74) is -1.26. The van der Waals surface area contributed by atoms with Crippen LogP contribution >= 0.6 is 0 Å². The summed E-state index contributed by atoms with van der Waals surface area (Å²) in [7, 11) is 0. The van der Waals surface area contributed by atoms with Gasteiger partial charge in [-0.25, -0.2) is 8.78 Å². The average molecular weight is 262 g/mol. The number of halogens is 2. The summed E-state index contributed by atoms with van der Waals surface area (Å²) in [6.07, 6.45) is -1.76. The highest BCUT2D eigenvalue weighted by Crippen LogP contribution is 2.35. The van der Waals surface area contributed by atoms with E-state index in [2.05, 4.69) is 5.10 Å². The van der Waals surface area contributed by atoms with Gasteiger partial charge in [-0.1, -0.05) is 13.8 Å². The van der Waals surface area contributed by atoms with Crippen molar-refractivity contribution in [1.29, 1.82) is 0 Å². The lowest BCUT2D eigenvalue weighted by Crippen LogP contribution is -2.40. The lowest BCUT2D eigenvalue weighted by Gasteiger charge is -2.32. The molecule has 1 rings (SSSR count). The molecule has 2 atom stereocenters. The van der Waals surface area contributed by atoms with E-state index in [0.29, 0.717) is 13.0 Å². The van der Waals surface area contributed by atoms with Gasteiger partial charge >= 0.3 is 0 Å². The molecule has 0 amide bonds. The Morgan fingerprint density at radius 2 is 2.06 bits per heavy atom. The van der Waals surface area contributed by atoms with Gasteiger partial charge in [0.1, 0.15) is 5.69 Å². The smallest absolute Gasteiger partial charge is 0.282 e. The van der Waals surface area contributed by atoms with E-state index in [4.69, 9.17) is 0 Å². The van der Waals surface area contributed by atoms with Gasteiger partial charge in [0, 0.05) is 23.7 Å². The van der Waals surface area contributed by atoms with Crippen molar-refractivity contribution in [1.82, 2.24) is 9.78 Å². The van der Waals surface area contributed by atoms with Gasteiger partial charge in [0.2, 0.25) is 0 Å². The number of hydrogen-bond donors (Lipinski definition) is 2. The first-order valence-electron chi connectivity index (χ1n) is 6.05. The highest BCUT2D eigenvalue weighted by molar-refractivity contribution is 5.29. The molecule has 0 saturated carbocycles. The molecular weight excluding hydrogens is 242 g/mol. The van der Waals surface area contributed by atoms with E-state index < -0.39 is 24.6 Å². The lowest BCUT2D eigenvalue weighted by molar-refractivity contribution is 0.0426. The molecule has 0 aliphatic heterocycles. The van der Waals surface area contributed by atoms with Crippen molar-refractivity contribution in [2.24, 2.45) is 0 Å². The van der Waals surface area contributed by atoms with Crippen LogP contribution in [0.4, 0.5) is 8.78 Å². The molecule has 2 N–H and O–H groups in total. The average Bonchev–Trinajstić information content (AvgIpc) is 2.81. The van der Waals surface area contributed by atoms with E-state index in [0.717, 1.165) is 0 Å². The van der Waals surface area contributed by atoms with Crippen LogP contribution in [0.5, 0.6) is 0 Å². The third kappa shape index (κ3) is 2.54. The fourth-order valence-electron chi connectivity index (χ4n) is 2.02. The van der Waals surface area contributed by atoms with Crippen LogP contribution in [0.15, 0.2) is 6.20 Å². The zero-order valence-corrected chi connectivity index (χ0v) is 10.9. The Bertz CT molecular complexity index is 395. The van der Waals surface area contributed by atoms with Crippen LogP contribution < -0.4 is 0 Å². The fourth-order valence-corrected chi connectivity index (χ4v) is 2.02. The van der Waals surface area contributed by atoms with E-state index in [9.17, 15) is 19.0 Å². The molecular formula is C12H20F2N2O2. The van der Waals surface area contributed by atoms with Crippen molar-refractivity contribution in [3.05, 3.63) is 17.5 Å². The molecule has 104 valence electrons. The number of alkyl halides is 2. The van der Waals surface area contributed by atoms with Gasteiger partial charge in [0.15, 0.2) is 0 Å². The number of aromatic nitrogens is 2. The Labute approximate surface area is 105 Å². The second-order valence-electron chi connectivity index (χ2n) is 4.58. The van der Waals surface area contributed by atoms with Gasteiger partial charge in [-0.15, -0.1) is 0 Å². The van der Waals surface area contributed by atoms with Crippen LogP contribution in [0.1, 0.15) is 44.9 Å². The molecule has 0 aliphatic rings. The van der Waals surface area contributed by atoms with Crippen molar-refractivity contribution in [2.45, 2.75) is 51.7 Å². The minimum absolute atomic E-state index is 0.219. The van der Waals surface area contributed by atoms with Crippen LogP contribution in [-0.4, -0.2) is 32.7 Å². The Morgan fingerprint density at radius 3 is 2.44 bits per heavy atom. The van der Waals surface area contributed by atoms with Crippen LogP contribution in [0.3, 0.4) is 0 Å². The molecule has 0 aromatic carbocycles. The number of hydrogen-bond acceptors (Lipinski definition) is 3. The summed E-state index contributed by atoms with van der Waals surface area (Å²) in [6, 6.07) is 0. The van der Waals surface area contributed by atoms with Gasteiger partial charge in [-0.3, -0.25) is 4.68 Å². The van der Waals surface area contributed by atoms with Crippen molar-refractivity contribution < 1.29 is 19.0 Å². The molecule has 4 nitrogen and oxygen atoms in total. The molecule has 2 unspecified atom stereocenters. The summed E-state index contributed by atoms with van der Waals surface area (Å²) < 4.78 is 27.3. The monoisotopic (exact) mass is 262 g/mol. The molecule has 1 heterocycles. The Hall–Kier alpha value is -1.01. The summed E-state index contributed by atoms with van der Waals surface area (Å²) in [5, 5.41) is 23.3. The maximum atomic E-state index is 13.0. The zero-order chi connectivity index (χ0) is 13.9. The highest BCUT2D eigenvalue weighted by atomic mass is 19.3. The van der Waals surface area contributed by atoms with Gasteiger partial charge in [-0.05, 0) is 13.3 Å². The standard InChI is InChI=1S/C12H20F2N2O2/c1-4-9(18)12(3,7-17)8-6-16(5-2)15-10(8)11(13)14/h6,9,11,17-18H,4-5,7H2,1-3H3. The zero-order valence-electron chi connectivity index (χ0n) is 10.9. The number of rotatable bonds is 6. The van der Waals surface area contributed by atoms with E-state index in [1.54, 1.807) is 20.8 Å². The first-order valence-corrected chi connectivity index (χ1v) is 6.05. The predicted molar refractivity (Wildman–Crippen MR) is 63.6 cm³/mol. The Kier molecular flexibility index (Phi) is 4.81. The first kappa shape index (κ1) is 15.0. The van der Waals surface area contributed by atoms with Crippen LogP contribution in [0, 0.1) is 0 Å². The van der Waals surface area contributed by atoms with Gasteiger partial charge in [0.05, 0.1) is 12.7 Å². The summed E-state index contributed by atoms with van der Waals surface area (Å²) >= 11 is 0.